The van der Waals surface area contributed by atoms with Crippen molar-refractivity contribution in [3.8, 4) is 17.2 Å². The third kappa shape index (κ3) is 2.58. The molecule has 118 valence electrons. The van der Waals surface area contributed by atoms with E-state index in [4.69, 9.17) is 0 Å². The van der Waals surface area contributed by atoms with Crippen LogP contribution in [0.3, 0.4) is 0 Å². The molecular formula is C15H16O7. The molecule has 0 fully saturated rings. The van der Waals surface area contributed by atoms with Crippen LogP contribution in [0.1, 0.15) is 17.9 Å². The molecule has 0 radical (unpaired) electrons. The number of hydrogen-bond donors (Lipinski definition) is 6. The minimum atomic E-state index is -1.47. The molecule has 0 saturated carbocycles. The summed E-state index contributed by atoms with van der Waals surface area (Å²) in [4.78, 5) is 10.9. The first-order valence-corrected chi connectivity index (χ1v) is 6.54. The summed E-state index contributed by atoms with van der Waals surface area (Å²) in [6.07, 6.45) is 1.58. The fourth-order valence-corrected chi connectivity index (χ4v) is 2.56. The van der Waals surface area contributed by atoms with E-state index >= 15 is 0 Å². The van der Waals surface area contributed by atoms with Gasteiger partial charge in [0.05, 0.1) is 0 Å². The van der Waals surface area contributed by atoms with E-state index in [9.17, 15) is 35.4 Å². The van der Waals surface area contributed by atoms with Crippen LogP contribution < -0.4 is 0 Å². The maximum atomic E-state index is 10.9. The Morgan fingerprint density at radius 1 is 1.09 bits per heavy atom. The fourth-order valence-electron chi connectivity index (χ4n) is 2.56. The molecule has 3 atom stereocenters. The van der Waals surface area contributed by atoms with Gasteiger partial charge in [0, 0.05) is 23.8 Å². The average molecular weight is 308 g/mol. The van der Waals surface area contributed by atoms with E-state index in [2.05, 4.69) is 0 Å². The first-order valence-electron chi connectivity index (χ1n) is 6.54. The van der Waals surface area contributed by atoms with Crippen molar-refractivity contribution in [2.45, 2.75) is 18.4 Å². The molecule has 0 spiro atoms. The summed E-state index contributed by atoms with van der Waals surface area (Å²) in [6, 6.07) is 2.46. The van der Waals surface area contributed by atoms with Crippen molar-refractivity contribution in [3.63, 3.8) is 0 Å². The molecule has 7 nitrogen and oxygen atoms in total. The molecular weight excluding hydrogens is 292 g/mol. The number of aldehydes is 1. The van der Waals surface area contributed by atoms with Crippen molar-refractivity contribution in [1.29, 1.82) is 0 Å². The van der Waals surface area contributed by atoms with Gasteiger partial charge < -0.3 is 35.4 Å². The molecule has 3 unspecified atom stereocenters. The Balaban J connectivity index is 2.46. The molecule has 0 amide bonds. The fraction of sp³-hybridized carbons (Fsp3) is 0.267. The van der Waals surface area contributed by atoms with E-state index in [0.717, 1.165) is 6.07 Å². The predicted molar refractivity (Wildman–Crippen MR) is 75.8 cm³/mol. The van der Waals surface area contributed by atoms with E-state index in [1.807, 2.05) is 0 Å². The number of benzene rings is 1. The van der Waals surface area contributed by atoms with Gasteiger partial charge in [-0.05, 0) is 12.1 Å². The minimum Gasteiger partial charge on any atom is -0.506 e. The number of aromatic hydroxyl groups is 3. The topological polar surface area (TPSA) is 138 Å². The monoisotopic (exact) mass is 308 g/mol. The van der Waals surface area contributed by atoms with Gasteiger partial charge >= 0.3 is 0 Å². The van der Waals surface area contributed by atoms with Gasteiger partial charge in [-0.15, -0.1) is 0 Å². The number of rotatable bonds is 4. The summed E-state index contributed by atoms with van der Waals surface area (Å²) in [6.45, 7) is 0. The third-order valence-electron chi connectivity index (χ3n) is 3.76. The van der Waals surface area contributed by atoms with Gasteiger partial charge in [0.25, 0.3) is 0 Å². The highest BCUT2D eigenvalue weighted by Gasteiger charge is 2.35. The quantitative estimate of drug-likeness (QED) is 0.364. The zero-order valence-corrected chi connectivity index (χ0v) is 11.4. The van der Waals surface area contributed by atoms with Crippen LogP contribution in [0.2, 0.25) is 0 Å². The Bertz CT molecular complexity index is 648. The van der Waals surface area contributed by atoms with E-state index in [0.29, 0.717) is 6.29 Å². The highest BCUT2D eigenvalue weighted by Crippen LogP contribution is 2.45. The van der Waals surface area contributed by atoms with Crippen molar-refractivity contribution in [2.24, 2.45) is 5.92 Å². The van der Waals surface area contributed by atoms with Crippen LogP contribution >= 0.6 is 0 Å². The maximum absolute atomic E-state index is 10.9. The largest absolute Gasteiger partial charge is 0.506 e. The van der Waals surface area contributed by atoms with Crippen molar-refractivity contribution >= 4 is 6.29 Å². The number of carbonyl (C=O) groups excluding carboxylic acids is 1. The van der Waals surface area contributed by atoms with E-state index < -0.39 is 46.7 Å². The number of carbonyl (C=O) groups is 1. The number of aliphatic hydroxyl groups is 3. The molecule has 1 aliphatic rings. The summed E-state index contributed by atoms with van der Waals surface area (Å²) < 4.78 is 0. The van der Waals surface area contributed by atoms with Gasteiger partial charge in [0.2, 0.25) is 5.75 Å². The van der Waals surface area contributed by atoms with E-state index in [1.165, 1.54) is 18.2 Å². The SMILES string of the molecule is O=CCC(c1ccc(O)c(O)c1O)C1C=CC(O)=C(O)C1O. The van der Waals surface area contributed by atoms with E-state index in [-0.39, 0.29) is 12.0 Å². The molecule has 0 aromatic heterocycles. The third-order valence-corrected chi connectivity index (χ3v) is 3.76. The molecule has 0 aliphatic heterocycles. The first-order chi connectivity index (χ1) is 10.4. The number of phenols is 3. The maximum Gasteiger partial charge on any atom is 0.200 e. The van der Waals surface area contributed by atoms with Crippen molar-refractivity contribution in [3.05, 3.63) is 41.4 Å². The molecule has 0 heterocycles. The van der Waals surface area contributed by atoms with Gasteiger partial charge in [-0.1, -0.05) is 12.1 Å². The lowest BCUT2D eigenvalue weighted by Crippen LogP contribution is -2.30. The summed E-state index contributed by atoms with van der Waals surface area (Å²) in [7, 11) is 0. The first kappa shape index (κ1) is 15.7. The Morgan fingerprint density at radius 2 is 1.77 bits per heavy atom. The number of aliphatic hydroxyl groups excluding tert-OH is 3. The highest BCUT2D eigenvalue weighted by molar-refractivity contribution is 5.58. The Kier molecular flexibility index (Phi) is 4.27. The Hall–Kier alpha value is -2.67. The van der Waals surface area contributed by atoms with Crippen LogP contribution in [0.15, 0.2) is 35.8 Å². The molecule has 1 aromatic rings. The molecule has 6 N–H and O–H groups in total. The summed E-state index contributed by atoms with van der Waals surface area (Å²) in [5, 5.41) is 58.0. The van der Waals surface area contributed by atoms with Crippen LogP contribution in [-0.2, 0) is 4.79 Å². The average Bonchev–Trinajstić information content (AvgIpc) is 2.50. The second-order valence-electron chi connectivity index (χ2n) is 5.03. The zero-order valence-electron chi connectivity index (χ0n) is 11.4. The second-order valence-corrected chi connectivity index (χ2v) is 5.03. The van der Waals surface area contributed by atoms with Gasteiger partial charge in [-0.3, -0.25) is 0 Å². The van der Waals surface area contributed by atoms with Gasteiger partial charge in [0.1, 0.15) is 12.4 Å². The number of hydrogen-bond acceptors (Lipinski definition) is 7. The summed E-state index contributed by atoms with van der Waals surface area (Å²) in [5.41, 5.74) is 0.130. The summed E-state index contributed by atoms with van der Waals surface area (Å²) in [5.74, 6) is -4.55. The van der Waals surface area contributed by atoms with Gasteiger partial charge in [-0.25, -0.2) is 0 Å². The molecule has 0 bridgehead atoms. The Labute approximate surface area is 125 Å². The van der Waals surface area contributed by atoms with Crippen molar-refractivity contribution in [1.82, 2.24) is 0 Å². The van der Waals surface area contributed by atoms with Crippen molar-refractivity contribution < 1.29 is 35.4 Å². The molecule has 1 aliphatic carbocycles. The lowest BCUT2D eigenvalue weighted by atomic mass is 9.77. The highest BCUT2D eigenvalue weighted by atomic mass is 16.3. The molecule has 7 heteroatoms. The molecule has 2 rings (SSSR count). The smallest absolute Gasteiger partial charge is 0.200 e. The van der Waals surface area contributed by atoms with Gasteiger partial charge in [0.15, 0.2) is 23.0 Å². The second kappa shape index (κ2) is 5.98. The van der Waals surface area contributed by atoms with Crippen LogP contribution in [0.4, 0.5) is 0 Å². The standard InChI is InChI=1S/C15H16O7/c16-6-5-7(8-1-3-10(17)14(21)12(8)19)9-2-4-11(18)15(22)13(9)20/h1-4,6-8,12,17-22H,5H2. The van der Waals surface area contributed by atoms with Crippen molar-refractivity contribution in [2.75, 3.05) is 0 Å². The van der Waals surface area contributed by atoms with Crippen LogP contribution in [0.5, 0.6) is 17.2 Å². The summed E-state index contributed by atoms with van der Waals surface area (Å²) >= 11 is 0. The lowest BCUT2D eigenvalue weighted by molar-refractivity contribution is -0.108. The Morgan fingerprint density at radius 3 is 2.41 bits per heavy atom. The van der Waals surface area contributed by atoms with Crippen LogP contribution in [0, 0.1) is 5.92 Å². The lowest BCUT2D eigenvalue weighted by Gasteiger charge is -2.30. The number of allylic oxidation sites excluding steroid dienone is 1. The zero-order chi connectivity index (χ0) is 16.4. The van der Waals surface area contributed by atoms with Gasteiger partial charge in [-0.2, -0.15) is 0 Å². The minimum absolute atomic E-state index is 0.113. The predicted octanol–water partition coefficient (Wildman–Crippen LogP) is 1.35. The molecule has 1 aromatic carbocycles. The molecule has 22 heavy (non-hydrogen) atoms. The molecule has 0 saturated heterocycles. The number of phenolic OH excluding ortho intramolecular Hbond substituents is 3. The van der Waals surface area contributed by atoms with Crippen LogP contribution in [0.25, 0.3) is 0 Å². The normalized spacial score (nSPS) is 22.6. The van der Waals surface area contributed by atoms with Crippen LogP contribution in [-0.4, -0.2) is 43.0 Å². The van der Waals surface area contributed by atoms with E-state index in [1.54, 1.807) is 0 Å².